The van der Waals surface area contributed by atoms with Gasteiger partial charge in [0.2, 0.25) is 0 Å². The highest BCUT2D eigenvalue weighted by Crippen LogP contribution is 2.48. The van der Waals surface area contributed by atoms with Gasteiger partial charge in [-0.1, -0.05) is 23.2 Å². The van der Waals surface area contributed by atoms with Gasteiger partial charge in [0.15, 0.2) is 5.65 Å². The number of fused-ring (bicyclic) bond motifs is 1. The van der Waals surface area contributed by atoms with Crippen LogP contribution in [-0.4, -0.2) is 48.9 Å². The summed E-state index contributed by atoms with van der Waals surface area (Å²) in [6.45, 7) is 0.289. The van der Waals surface area contributed by atoms with E-state index in [2.05, 4.69) is 20.1 Å². The molecule has 0 atom stereocenters. The Morgan fingerprint density at radius 2 is 1.80 bits per heavy atom. The van der Waals surface area contributed by atoms with Crippen LogP contribution in [0.5, 0.6) is 11.5 Å². The second-order valence-electron chi connectivity index (χ2n) is 7.55. The van der Waals surface area contributed by atoms with Crippen LogP contribution < -0.4 is 14.4 Å². The van der Waals surface area contributed by atoms with Crippen molar-refractivity contribution in [3.05, 3.63) is 65.1 Å². The van der Waals surface area contributed by atoms with Gasteiger partial charge in [0.25, 0.3) is 0 Å². The number of methoxy groups -OCH3 is 2. The van der Waals surface area contributed by atoms with Gasteiger partial charge < -0.3 is 19.4 Å². The van der Waals surface area contributed by atoms with Gasteiger partial charge >= 0.3 is 0 Å². The SMILES string of the molecule is COc1cc(OC)c(Cl)c(N(Cc2ncc[nH]2)c2ccc3ncc(-c4cnn(C)c4)nc3n2)c1Cl. The topological polar surface area (TPSA) is 107 Å². The quantitative estimate of drug-likeness (QED) is 0.332. The molecule has 12 heteroatoms. The lowest BCUT2D eigenvalue weighted by molar-refractivity contribution is 0.394. The summed E-state index contributed by atoms with van der Waals surface area (Å²) in [5.41, 5.74) is 3.05. The van der Waals surface area contributed by atoms with E-state index in [4.69, 9.17) is 42.6 Å². The lowest BCUT2D eigenvalue weighted by Crippen LogP contribution is -2.20. The van der Waals surface area contributed by atoms with Gasteiger partial charge in [0, 0.05) is 37.3 Å². The Hall–Kier alpha value is -3.89. The van der Waals surface area contributed by atoms with Crippen LogP contribution >= 0.6 is 23.2 Å². The first-order valence-electron chi connectivity index (χ1n) is 10.5. The Balaban J connectivity index is 1.68. The number of hydrogen-bond acceptors (Lipinski definition) is 8. The zero-order chi connectivity index (χ0) is 24.5. The van der Waals surface area contributed by atoms with Crippen molar-refractivity contribution >= 4 is 45.9 Å². The van der Waals surface area contributed by atoms with E-state index in [1.165, 1.54) is 14.2 Å². The number of aromatic amines is 1. The molecule has 0 fully saturated rings. The number of rotatable bonds is 7. The predicted octanol–water partition coefficient (Wildman–Crippen LogP) is 4.81. The number of hydrogen-bond donors (Lipinski definition) is 1. The first-order chi connectivity index (χ1) is 17.0. The van der Waals surface area contributed by atoms with E-state index >= 15 is 0 Å². The maximum Gasteiger partial charge on any atom is 0.180 e. The van der Waals surface area contributed by atoms with Gasteiger partial charge in [-0.15, -0.1) is 0 Å². The van der Waals surface area contributed by atoms with E-state index in [9.17, 15) is 0 Å². The van der Waals surface area contributed by atoms with Crippen molar-refractivity contribution in [2.24, 2.45) is 7.05 Å². The molecule has 0 saturated heterocycles. The molecule has 0 aliphatic rings. The molecule has 0 bridgehead atoms. The molecule has 178 valence electrons. The van der Waals surface area contributed by atoms with Crippen LogP contribution in [0.15, 0.2) is 49.2 Å². The third-order valence-electron chi connectivity index (χ3n) is 5.35. The minimum Gasteiger partial charge on any atom is -0.495 e. The van der Waals surface area contributed by atoms with Gasteiger partial charge in [-0.25, -0.2) is 15.0 Å². The number of pyridine rings is 1. The lowest BCUT2D eigenvalue weighted by Gasteiger charge is -2.26. The summed E-state index contributed by atoms with van der Waals surface area (Å²) < 4.78 is 12.6. The third-order valence-corrected chi connectivity index (χ3v) is 6.08. The van der Waals surface area contributed by atoms with Crippen LogP contribution in [0.1, 0.15) is 5.82 Å². The lowest BCUT2D eigenvalue weighted by atomic mass is 10.2. The number of anilines is 2. The van der Waals surface area contributed by atoms with Crippen molar-refractivity contribution in [1.82, 2.24) is 34.7 Å². The Morgan fingerprint density at radius 1 is 1.03 bits per heavy atom. The number of ether oxygens (including phenoxy) is 2. The smallest absolute Gasteiger partial charge is 0.180 e. The zero-order valence-electron chi connectivity index (χ0n) is 19.0. The molecule has 1 aromatic carbocycles. The van der Waals surface area contributed by atoms with E-state index in [0.717, 1.165) is 5.56 Å². The molecule has 0 saturated carbocycles. The largest absolute Gasteiger partial charge is 0.495 e. The number of halogens is 2. The molecule has 10 nitrogen and oxygen atoms in total. The van der Waals surface area contributed by atoms with E-state index in [0.29, 0.717) is 55.7 Å². The van der Waals surface area contributed by atoms with E-state index in [1.54, 1.807) is 35.5 Å². The standard InChI is InChI=1S/C23H20Cl2N8O2/c1-32-11-13(9-29-32)15-10-28-14-4-5-19(31-23(14)30-15)33(12-18-26-6-7-27-18)22-20(24)16(34-2)8-17(35-3)21(22)25/h4-11H,12H2,1-3H3,(H,26,27). The normalized spacial score (nSPS) is 11.1. The molecule has 4 aromatic heterocycles. The average Bonchev–Trinajstić information content (AvgIpc) is 3.55. The van der Waals surface area contributed by atoms with Crippen molar-refractivity contribution in [1.29, 1.82) is 0 Å². The fourth-order valence-electron chi connectivity index (χ4n) is 3.65. The monoisotopic (exact) mass is 510 g/mol. The van der Waals surface area contributed by atoms with Crippen molar-refractivity contribution in [2.45, 2.75) is 6.54 Å². The Labute approximate surface area is 210 Å². The molecule has 5 rings (SSSR count). The van der Waals surface area contributed by atoms with Crippen LogP contribution in [0.4, 0.5) is 11.5 Å². The maximum absolute atomic E-state index is 6.75. The number of nitrogens with zero attached hydrogens (tertiary/aromatic N) is 7. The van der Waals surface area contributed by atoms with Crippen LogP contribution in [0, 0.1) is 0 Å². The van der Waals surface area contributed by atoms with Crippen molar-refractivity contribution in [3.8, 4) is 22.8 Å². The number of benzene rings is 1. The number of aryl methyl sites for hydroxylation is 1. The summed E-state index contributed by atoms with van der Waals surface area (Å²) in [5, 5.41) is 4.82. The molecule has 0 aliphatic carbocycles. The van der Waals surface area contributed by atoms with Gasteiger partial charge in [-0.05, 0) is 12.1 Å². The highest BCUT2D eigenvalue weighted by atomic mass is 35.5. The summed E-state index contributed by atoms with van der Waals surface area (Å²) in [6.07, 6.45) is 8.70. The molecular weight excluding hydrogens is 491 g/mol. The molecule has 0 radical (unpaired) electrons. The van der Waals surface area contributed by atoms with E-state index in [1.807, 2.05) is 30.3 Å². The molecule has 4 heterocycles. The maximum atomic E-state index is 6.75. The minimum atomic E-state index is 0.289. The van der Waals surface area contributed by atoms with Crippen molar-refractivity contribution in [2.75, 3.05) is 19.1 Å². The van der Waals surface area contributed by atoms with Gasteiger partial charge in [0.1, 0.15) is 38.7 Å². The predicted molar refractivity (Wildman–Crippen MR) is 134 cm³/mol. The van der Waals surface area contributed by atoms with E-state index < -0.39 is 0 Å². The number of aromatic nitrogens is 7. The fraction of sp³-hybridized carbons (Fsp3) is 0.174. The molecule has 1 N–H and O–H groups in total. The summed E-state index contributed by atoms with van der Waals surface area (Å²) in [7, 11) is 4.90. The second-order valence-corrected chi connectivity index (χ2v) is 8.31. The van der Waals surface area contributed by atoms with Crippen LogP contribution in [0.3, 0.4) is 0 Å². The summed E-state index contributed by atoms with van der Waals surface area (Å²) in [6, 6.07) is 5.30. The molecule has 0 spiro atoms. The summed E-state index contributed by atoms with van der Waals surface area (Å²) in [5.74, 6) is 2.03. The highest BCUT2D eigenvalue weighted by molar-refractivity contribution is 6.41. The first kappa shape index (κ1) is 22.9. The Kier molecular flexibility index (Phi) is 6.14. The summed E-state index contributed by atoms with van der Waals surface area (Å²) in [4.78, 5) is 23.3. The molecular formula is C23H20Cl2N8O2. The zero-order valence-corrected chi connectivity index (χ0v) is 20.5. The van der Waals surface area contributed by atoms with Gasteiger partial charge in [-0.3, -0.25) is 9.67 Å². The Morgan fingerprint density at radius 3 is 2.43 bits per heavy atom. The van der Waals surface area contributed by atoms with Crippen LogP contribution in [-0.2, 0) is 13.6 Å². The fourth-order valence-corrected chi connectivity index (χ4v) is 4.35. The molecule has 0 aliphatic heterocycles. The number of nitrogens with one attached hydrogen (secondary N) is 1. The summed E-state index contributed by atoms with van der Waals surface area (Å²) >= 11 is 13.5. The number of H-pyrrole nitrogens is 1. The second kappa shape index (κ2) is 9.40. The van der Waals surface area contributed by atoms with E-state index in [-0.39, 0.29) is 6.54 Å². The minimum absolute atomic E-state index is 0.289. The van der Waals surface area contributed by atoms with Gasteiger partial charge in [0.05, 0.1) is 44.5 Å². The molecule has 35 heavy (non-hydrogen) atoms. The average molecular weight is 511 g/mol. The van der Waals surface area contributed by atoms with Crippen LogP contribution in [0.25, 0.3) is 22.4 Å². The molecule has 0 unspecified atom stereocenters. The van der Waals surface area contributed by atoms with Gasteiger partial charge in [-0.2, -0.15) is 5.10 Å². The van der Waals surface area contributed by atoms with Crippen molar-refractivity contribution < 1.29 is 9.47 Å². The third kappa shape index (κ3) is 4.33. The van der Waals surface area contributed by atoms with Crippen LogP contribution in [0.2, 0.25) is 10.0 Å². The Bertz CT molecular complexity index is 1480. The molecule has 5 aromatic rings. The number of imidazole rings is 1. The highest BCUT2D eigenvalue weighted by Gasteiger charge is 2.25. The van der Waals surface area contributed by atoms with Crippen molar-refractivity contribution in [3.63, 3.8) is 0 Å². The first-order valence-corrected chi connectivity index (χ1v) is 11.2. The molecule has 0 amide bonds.